The summed E-state index contributed by atoms with van der Waals surface area (Å²) < 4.78 is 24.1. The zero-order valence-electron chi connectivity index (χ0n) is 10.4. The van der Waals surface area contributed by atoms with Gasteiger partial charge in [-0.2, -0.15) is 0 Å². The molecule has 1 aromatic carbocycles. The molecule has 0 amide bonds. The molecule has 3 N–H and O–H groups in total. The molecule has 7 heteroatoms. The van der Waals surface area contributed by atoms with Crippen molar-refractivity contribution in [1.29, 1.82) is 0 Å². The first-order valence-electron chi connectivity index (χ1n) is 5.79. The van der Waals surface area contributed by atoms with Gasteiger partial charge in [-0.1, -0.05) is 28.1 Å². The van der Waals surface area contributed by atoms with Crippen molar-refractivity contribution in [2.45, 2.75) is 18.9 Å². The molecule has 1 aliphatic heterocycles. The lowest BCUT2D eigenvalue weighted by atomic mass is 10.0. The summed E-state index contributed by atoms with van der Waals surface area (Å²) in [7, 11) is -2.96. The zero-order valence-corrected chi connectivity index (χ0v) is 13.7. The highest BCUT2D eigenvalue weighted by molar-refractivity contribution is 9.10. The van der Waals surface area contributed by atoms with Gasteiger partial charge in [0, 0.05) is 21.3 Å². The Bertz CT molecular complexity index is 631. The van der Waals surface area contributed by atoms with Gasteiger partial charge in [0.25, 0.3) is 0 Å². The van der Waals surface area contributed by atoms with Gasteiger partial charge in [-0.05, 0) is 31.5 Å². The van der Waals surface area contributed by atoms with E-state index in [0.29, 0.717) is 11.4 Å². The summed E-state index contributed by atoms with van der Waals surface area (Å²) in [5, 5.41) is 3.29. The number of hydrogen-bond donors (Lipinski definition) is 2. The minimum absolute atomic E-state index is 0.128. The summed E-state index contributed by atoms with van der Waals surface area (Å²) in [5.74, 6) is 0.343. The first-order valence-corrected chi connectivity index (χ1v) is 8.81. The van der Waals surface area contributed by atoms with Gasteiger partial charge in [0.1, 0.15) is 4.99 Å². The van der Waals surface area contributed by atoms with Crippen molar-refractivity contribution in [3.63, 3.8) is 0 Å². The number of hydrogen-bond acceptors (Lipinski definition) is 4. The van der Waals surface area contributed by atoms with Crippen LogP contribution < -0.4 is 11.1 Å². The lowest BCUT2D eigenvalue weighted by Gasteiger charge is -2.27. The van der Waals surface area contributed by atoms with E-state index in [9.17, 15) is 8.42 Å². The second-order valence-electron chi connectivity index (χ2n) is 5.08. The highest BCUT2D eigenvalue weighted by Crippen LogP contribution is 2.30. The van der Waals surface area contributed by atoms with E-state index in [0.717, 1.165) is 15.7 Å². The van der Waals surface area contributed by atoms with Gasteiger partial charge in [-0.3, -0.25) is 0 Å². The summed E-state index contributed by atoms with van der Waals surface area (Å²) in [4.78, 5) is 0.291. The van der Waals surface area contributed by atoms with Crippen molar-refractivity contribution in [1.82, 2.24) is 0 Å². The minimum atomic E-state index is -2.96. The minimum Gasteiger partial charge on any atom is -0.389 e. The fourth-order valence-corrected chi connectivity index (χ4v) is 4.90. The van der Waals surface area contributed by atoms with Crippen LogP contribution in [0.2, 0.25) is 0 Å². The normalized spacial score (nSPS) is 25.2. The van der Waals surface area contributed by atoms with Crippen molar-refractivity contribution in [2.24, 2.45) is 5.73 Å². The molecule has 1 heterocycles. The second kappa shape index (κ2) is 5.03. The summed E-state index contributed by atoms with van der Waals surface area (Å²) in [6.07, 6.45) is 0.582. The van der Waals surface area contributed by atoms with Crippen molar-refractivity contribution in [2.75, 3.05) is 16.8 Å². The standard InChI is InChI=1S/C12H15BrN2O2S2/c1-12(4-5-19(16,17)7-12)15-10-6-8(13)2-3-9(10)11(14)18/h2-3,6,15H,4-5,7H2,1H3,(H2,14,18). The molecule has 1 unspecified atom stereocenters. The molecular formula is C12H15BrN2O2S2. The first-order chi connectivity index (χ1) is 8.71. The van der Waals surface area contributed by atoms with Crippen molar-refractivity contribution >= 4 is 48.7 Å². The first kappa shape index (κ1) is 14.7. The molecule has 104 valence electrons. The van der Waals surface area contributed by atoms with Gasteiger partial charge in [-0.25, -0.2) is 8.42 Å². The number of rotatable bonds is 3. The summed E-state index contributed by atoms with van der Waals surface area (Å²) in [6, 6.07) is 5.54. The molecule has 1 saturated heterocycles. The Morgan fingerprint density at radius 2 is 2.21 bits per heavy atom. The molecule has 0 aromatic heterocycles. The molecule has 0 spiro atoms. The highest BCUT2D eigenvalue weighted by atomic mass is 79.9. The van der Waals surface area contributed by atoms with Gasteiger partial charge in [0.2, 0.25) is 0 Å². The third-order valence-electron chi connectivity index (χ3n) is 3.19. The van der Waals surface area contributed by atoms with E-state index in [4.69, 9.17) is 18.0 Å². The lowest BCUT2D eigenvalue weighted by molar-refractivity contribution is 0.574. The molecule has 1 atom stereocenters. The van der Waals surface area contributed by atoms with E-state index in [2.05, 4.69) is 21.2 Å². The number of halogens is 1. The summed E-state index contributed by atoms with van der Waals surface area (Å²) in [5.41, 5.74) is 6.71. The van der Waals surface area contributed by atoms with E-state index < -0.39 is 15.4 Å². The molecule has 4 nitrogen and oxygen atoms in total. The fraction of sp³-hybridized carbons (Fsp3) is 0.417. The van der Waals surface area contributed by atoms with Gasteiger partial charge in [0.15, 0.2) is 9.84 Å². The number of thiocarbonyl (C=S) groups is 1. The van der Waals surface area contributed by atoms with Crippen LogP contribution in [0.1, 0.15) is 18.9 Å². The second-order valence-corrected chi connectivity index (χ2v) is 8.62. The number of benzene rings is 1. The Morgan fingerprint density at radius 1 is 1.53 bits per heavy atom. The topological polar surface area (TPSA) is 72.2 Å². The largest absolute Gasteiger partial charge is 0.389 e. The number of nitrogens with one attached hydrogen (secondary N) is 1. The summed E-state index contributed by atoms with van der Waals surface area (Å²) >= 11 is 8.41. The Morgan fingerprint density at radius 3 is 2.74 bits per heavy atom. The van der Waals surface area contributed by atoms with E-state index in [1.807, 2.05) is 25.1 Å². The van der Waals surface area contributed by atoms with Crippen LogP contribution in [0.25, 0.3) is 0 Å². The SMILES string of the molecule is CC1(Nc2cc(Br)ccc2C(N)=S)CCS(=O)(=O)C1. The van der Waals surface area contributed by atoms with Crippen LogP contribution >= 0.6 is 28.1 Å². The average Bonchev–Trinajstić information content (AvgIpc) is 2.52. The van der Waals surface area contributed by atoms with Crippen LogP contribution in [0.4, 0.5) is 5.69 Å². The quantitative estimate of drug-likeness (QED) is 0.805. The van der Waals surface area contributed by atoms with Gasteiger partial charge < -0.3 is 11.1 Å². The molecule has 19 heavy (non-hydrogen) atoms. The summed E-state index contributed by atoms with van der Waals surface area (Å²) in [6.45, 7) is 1.90. The Hall–Kier alpha value is -0.660. The molecule has 0 radical (unpaired) electrons. The maximum atomic E-state index is 11.6. The van der Waals surface area contributed by atoms with Crippen molar-refractivity contribution < 1.29 is 8.42 Å². The average molecular weight is 363 g/mol. The lowest BCUT2D eigenvalue weighted by Crippen LogP contribution is -2.36. The maximum absolute atomic E-state index is 11.6. The molecule has 1 aromatic rings. The highest BCUT2D eigenvalue weighted by Gasteiger charge is 2.38. The van der Waals surface area contributed by atoms with E-state index >= 15 is 0 Å². The Labute approximate surface area is 126 Å². The monoisotopic (exact) mass is 362 g/mol. The van der Waals surface area contributed by atoms with Crippen LogP contribution in [0, 0.1) is 0 Å². The molecule has 1 aliphatic rings. The molecule has 0 aliphatic carbocycles. The number of sulfone groups is 1. The van der Waals surface area contributed by atoms with Crippen LogP contribution in [0.15, 0.2) is 22.7 Å². The van der Waals surface area contributed by atoms with Gasteiger partial charge in [-0.15, -0.1) is 0 Å². The third-order valence-corrected chi connectivity index (χ3v) is 5.80. The van der Waals surface area contributed by atoms with Crippen molar-refractivity contribution in [3.05, 3.63) is 28.2 Å². The van der Waals surface area contributed by atoms with Crippen LogP contribution in [-0.2, 0) is 9.84 Å². The van der Waals surface area contributed by atoms with E-state index in [-0.39, 0.29) is 11.5 Å². The zero-order chi connectivity index (χ0) is 14.3. The smallest absolute Gasteiger partial charge is 0.152 e. The van der Waals surface area contributed by atoms with Crippen LogP contribution in [0.3, 0.4) is 0 Å². The van der Waals surface area contributed by atoms with E-state index in [1.54, 1.807) is 0 Å². The maximum Gasteiger partial charge on any atom is 0.152 e. The molecular weight excluding hydrogens is 348 g/mol. The Kier molecular flexibility index (Phi) is 3.90. The number of anilines is 1. The van der Waals surface area contributed by atoms with Crippen LogP contribution in [0.5, 0.6) is 0 Å². The van der Waals surface area contributed by atoms with Gasteiger partial charge >= 0.3 is 0 Å². The Balaban J connectivity index is 2.33. The molecule has 1 fully saturated rings. The predicted octanol–water partition coefficient (Wildman–Crippen LogP) is 2.07. The van der Waals surface area contributed by atoms with Crippen molar-refractivity contribution in [3.8, 4) is 0 Å². The van der Waals surface area contributed by atoms with Gasteiger partial charge in [0.05, 0.1) is 11.5 Å². The fourth-order valence-electron chi connectivity index (χ4n) is 2.27. The molecule has 0 bridgehead atoms. The van der Waals surface area contributed by atoms with Crippen LogP contribution in [-0.4, -0.2) is 30.5 Å². The molecule has 2 rings (SSSR count). The molecule has 0 saturated carbocycles. The number of nitrogens with two attached hydrogens (primary N) is 1. The third kappa shape index (κ3) is 3.46. The predicted molar refractivity (Wildman–Crippen MR) is 85.3 cm³/mol. The van der Waals surface area contributed by atoms with E-state index in [1.165, 1.54) is 0 Å².